The molecular formula is C12H14BrF2NO. The standard InChI is InChI=1S/C12H14BrF2NO/c1-8(13)3-2-4-16-12(17)9-5-10(14)7-11(15)6-9/h5-8H,2-4H2,1H3,(H,16,17). The van der Waals surface area contributed by atoms with E-state index >= 15 is 0 Å². The lowest BCUT2D eigenvalue weighted by atomic mass is 10.2. The maximum Gasteiger partial charge on any atom is 0.251 e. The van der Waals surface area contributed by atoms with Crippen molar-refractivity contribution in [2.45, 2.75) is 24.6 Å². The molecule has 0 radical (unpaired) electrons. The summed E-state index contributed by atoms with van der Waals surface area (Å²) >= 11 is 3.39. The van der Waals surface area contributed by atoms with Crippen LogP contribution in [0.4, 0.5) is 8.78 Å². The molecule has 0 saturated carbocycles. The molecule has 0 aromatic heterocycles. The largest absolute Gasteiger partial charge is 0.352 e. The highest BCUT2D eigenvalue weighted by molar-refractivity contribution is 9.09. The number of carbonyl (C=O) groups is 1. The van der Waals surface area contributed by atoms with Crippen LogP contribution in [0.1, 0.15) is 30.1 Å². The van der Waals surface area contributed by atoms with Crippen molar-refractivity contribution in [3.63, 3.8) is 0 Å². The second kappa shape index (κ2) is 6.69. The molecule has 1 aromatic rings. The van der Waals surface area contributed by atoms with E-state index in [4.69, 9.17) is 0 Å². The molecule has 0 saturated heterocycles. The summed E-state index contributed by atoms with van der Waals surface area (Å²) < 4.78 is 25.7. The third kappa shape index (κ3) is 5.26. The van der Waals surface area contributed by atoms with E-state index in [1.54, 1.807) is 0 Å². The van der Waals surface area contributed by atoms with Crippen LogP contribution in [0.3, 0.4) is 0 Å². The second-order valence-corrected chi connectivity index (χ2v) is 5.40. The van der Waals surface area contributed by atoms with Crippen LogP contribution in [0.2, 0.25) is 0 Å². The maximum atomic E-state index is 12.9. The minimum absolute atomic E-state index is 0.00870. The first kappa shape index (κ1) is 14.1. The van der Waals surface area contributed by atoms with Crippen LogP contribution < -0.4 is 5.32 Å². The minimum Gasteiger partial charge on any atom is -0.352 e. The number of hydrogen-bond donors (Lipinski definition) is 1. The normalized spacial score (nSPS) is 12.2. The molecule has 0 aliphatic heterocycles. The van der Waals surface area contributed by atoms with Gasteiger partial charge in [-0.2, -0.15) is 0 Å². The highest BCUT2D eigenvalue weighted by Crippen LogP contribution is 2.08. The fraction of sp³-hybridized carbons (Fsp3) is 0.417. The van der Waals surface area contributed by atoms with Crippen LogP contribution in [-0.4, -0.2) is 17.3 Å². The molecule has 0 fully saturated rings. The predicted octanol–water partition coefficient (Wildman–Crippen LogP) is 3.26. The number of nitrogens with one attached hydrogen (secondary N) is 1. The Labute approximate surface area is 108 Å². The number of rotatable bonds is 5. The average molecular weight is 306 g/mol. The Hall–Kier alpha value is -0.970. The summed E-state index contributed by atoms with van der Waals surface area (Å²) in [6.07, 6.45) is 1.74. The summed E-state index contributed by atoms with van der Waals surface area (Å²) in [6.45, 7) is 2.51. The van der Waals surface area contributed by atoms with Crippen molar-refractivity contribution in [2.75, 3.05) is 6.54 Å². The van der Waals surface area contributed by atoms with Gasteiger partial charge in [0.2, 0.25) is 0 Å². The maximum absolute atomic E-state index is 12.9. The zero-order valence-corrected chi connectivity index (χ0v) is 11.1. The first-order valence-electron chi connectivity index (χ1n) is 5.37. The van der Waals surface area contributed by atoms with Crippen molar-refractivity contribution in [3.8, 4) is 0 Å². The third-order valence-electron chi connectivity index (χ3n) is 2.19. The summed E-state index contributed by atoms with van der Waals surface area (Å²) in [4.78, 5) is 11.9. The van der Waals surface area contributed by atoms with Crippen LogP contribution in [0.5, 0.6) is 0 Å². The topological polar surface area (TPSA) is 29.1 Å². The van der Waals surface area contributed by atoms with Crippen LogP contribution in [-0.2, 0) is 0 Å². The number of carbonyl (C=O) groups excluding carboxylic acids is 1. The fourth-order valence-corrected chi connectivity index (χ4v) is 1.70. The molecule has 1 unspecified atom stereocenters. The molecule has 0 aliphatic carbocycles. The highest BCUT2D eigenvalue weighted by Gasteiger charge is 2.08. The molecule has 94 valence electrons. The zero-order chi connectivity index (χ0) is 12.8. The van der Waals surface area contributed by atoms with Gasteiger partial charge in [0, 0.05) is 23.0 Å². The molecule has 5 heteroatoms. The average Bonchev–Trinajstić information content (AvgIpc) is 2.22. The van der Waals surface area contributed by atoms with Gasteiger partial charge >= 0.3 is 0 Å². The molecular weight excluding hydrogens is 292 g/mol. The lowest BCUT2D eigenvalue weighted by molar-refractivity contribution is 0.0952. The van der Waals surface area contributed by atoms with Gasteiger partial charge in [-0.3, -0.25) is 4.79 Å². The lowest BCUT2D eigenvalue weighted by Gasteiger charge is -2.06. The summed E-state index contributed by atoms with van der Waals surface area (Å²) in [5, 5.41) is 2.62. The number of alkyl halides is 1. The van der Waals surface area contributed by atoms with E-state index < -0.39 is 17.5 Å². The molecule has 0 spiro atoms. The van der Waals surface area contributed by atoms with Gasteiger partial charge in [-0.05, 0) is 25.0 Å². The van der Waals surface area contributed by atoms with E-state index in [0.29, 0.717) is 11.4 Å². The molecule has 1 atom stereocenters. The quantitative estimate of drug-likeness (QED) is 0.656. The van der Waals surface area contributed by atoms with Crippen molar-refractivity contribution in [1.82, 2.24) is 5.32 Å². The Bertz CT molecular complexity index is 376. The molecule has 17 heavy (non-hydrogen) atoms. The summed E-state index contributed by atoms with van der Waals surface area (Å²) in [7, 11) is 0. The summed E-state index contributed by atoms with van der Waals surface area (Å²) in [5.41, 5.74) is 0.00870. The minimum atomic E-state index is -0.746. The second-order valence-electron chi connectivity index (χ2n) is 3.84. The van der Waals surface area contributed by atoms with E-state index in [2.05, 4.69) is 21.2 Å². The molecule has 0 heterocycles. The molecule has 2 nitrogen and oxygen atoms in total. The van der Waals surface area contributed by atoms with Gasteiger partial charge in [0.25, 0.3) is 5.91 Å². The van der Waals surface area contributed by atoms with Crippen molar-refractivity contribution in [1.29, 1.82) is 0 Å². The Morgan fingerprint density at radius 1 is 1.35 bits per heavy atom. The van der Waals surface area contributed by atoms with E-state index in [-0.39, 0.29) is 5.56 Å². The van der Waals surface area contributed by atoms with E-state index in [1.165, 1.54) is 0 Å². The van der Waals surface area contributed by atoms with Crippen LogP contribution in [0.25, 0.3) is 0 Å². The van der Waals surface area contributed by atoms with Crippen LogP contribution >= 0.6 is 15.9 Å². The number of benzene rings is 1. The molecule has 1 aromatic carbocycles. The Morgan fingerprint density at radius 2 is 1.94 bits per heavy atom. The molecule has 0 bridgehead atoms. The van der Waals surface area contributed by atoms with Gasteiger partial charge in [-0.15, -0.1) is 0 Å². The zero-order valence-electron chi connectivity index (χ0n) is 9.47. The van der Waals surface area contributed by atoms with Gasteiger partial charge < -0.3 is 5.32 Å². The SMILES string of the molecule is CC(Br)CCCNC(=O)c1cc(F)cc(F)c1. The van der Waals surface area contributed by atoms with Gasteiger partial charge in [0.15, 0.2) is 0 Å². The monoisotopic (exact) mass is 305 g/mol. The third-order valence-corrected chi connectivity index (χ3v) is 2.65. The number of hydrogen-bond acceptors (Lipinski definition) is 1. The van der Waals surface area contributed by atoms with Gasteiger partial charge in [0.1, 0.15) is 11.6 Å². The molecule has 1 N–H and O–H groups in total. The first-order chi connectivity index (χ1) is 7.99. The van der Waals surface area contributed by atoms with Crippen molar-refractivity contribution >= 4 is 21.8 Å². The van der Waals surface area contributed by atoms with Gasteiger partial charge in [-0.1, -0.05) is 22.9 Å². The smallest absolute Gasteiger partial charge is 0.251 e. The van der Waals surface area contributed by atoms with Gasteiger partial charge in [0.05, 0.1) is 0 Å². The Kier molecular flexibility index (Phi) is 5.55. The van der Waals surface area contributed by atoms with Crippen molar-refractivity contribution < 1.29 is 13.6 Å². The molecule has 0 aliphatic rings. The van der Waals surface area contributed by atoms with Crippen LogP contribution in [0.15, 0.2) is 18.2 Å². The Morgan fingerprint density at radius 3 is 2.47 bits per heavy atom. The van der Waals surface area contributed by atoms with E-state index in [9.17, 15) is 13.6 Å². The lowest BCUT2D eigenvalue weighted by Crippen LogP contribution is -2.25. The van der Waals surface area contributed by atoms with Gasteiger partial charge in [-0.25, -0.2) is 8.78 Å². The van der Waals surface area contributed by atoms with Crippen molar-refractivity contribution in [2.24, 2.45) is 0 Å². The Balaban J connectivity index is 2.47. The first-order valence-corrected chi connectivity index (χ1v) is 6.29. The van der Waals surface area contributed by atoms with Crippen LogP contribution in [0, 0.1) is 11.6 Å². The van der Waals surface area contributed by atoms with Crippen molar-refractivity contribution in [3.05, 3.63) is 35.4 Å². The molecule has 1 amide bonds. The summed E-state index contributed by atoms with van der Waals surface area (Å²) in [5.74, 6) is -1.95. The number of halogens is 3. The molecule has 1 rings (SSSR count). The predicted molar refractivity (Wildman–Crippen MR) is 66.3 cm³/mol. The fourth-order valence-electron chi connectivity index (χ4n) is 1.37. The van der Waals surface area contributed by atoms with E-state index in [1.807, 2.05) is 6.92 Å². The summed E-state index contributed by atoms with van der Waals surface area (Å²) in [6, 6.07) is 2.78. The highest BCUT2D eigenvalue weighted by atomic mass is 79.9. The number of amides is 1. The van der Waals surface area contributed by atoms with E-state index in [0.717, 1.165) is 31.0 Å².